The van der Waals surface area contributed by atoms with E-state index in [4.69, 9.17) is 4.74 Å². The predicted octanol–water partition coefficient (Wildman–Crippen LogP) is 3.00. The fourth-order valence-electron chi connectivity index (χ4n) is 3.83. The molecular weight excluding hydrogens is 404 g/mol. The van der Waals surface area contributed by atoms with Crippen LogP contribution in [0, 0.1) is 0 Å². The third-order valence-electron chi connectivity index (χ3n) is 6.01. The molecule has 3 aromatic rings. The molecule has 8 heteroatoms. The van der Waals surface area contributed by atoms with Gasteiger partial charge in [-0.1, -0.05) is 36.4 Å². The summed E-state index contributed by atoms with van der Waals surface area (Å²) in [7, 11) is 1.82. The van der Waals surface area contributed by atoms with Crippen molar-refractivity contribution in [2.75, 3.05) is 33.4 Å². The van der Waals surface area contributed by atoms with Crippen molar-refractivity contribution < 1.29 is 9.53 Å². The van der Waals surface area contributed by atoms with Gasteiger partial charge in [0.2, 0.25) is 0 Å². The molecule has 0 spiro atoms. The number of nitrogens with one attached hydrogen (secondary N) is 1. The summed E-state index contributed by atoms with van der Waals surface area (Å²) in [6.07, 6.45) is 3.17. The van der Waals surface area contributed by atoms with Crippen LogP contribution in [0.3, 0.4) is 0 Å². The van der Waals surface area contributed by atoms with E-state index in [1.54, 1.807) is 15.9 Å². The number of hydrogen-bond donors (Lipinski definition) is 1. The summed E-state index contributed by atoms with van der Waals surface area (Å²) in [4.78, 5) is 20.9. The Labute approximate surface area is 188 Å². The summed E-state index contributed by atoms with van der Waals surface area (Å²) < 4.78 is 7.15. The van der Waals surface area contributed by atoms with Crippen molar-refractivity contribution in [3.63, 3.8) is 0 Å². The minimum Gasteiger partial charge on any atom is -0.379 e. The fourth-order valence-corrected chi connectivity index (χ4v) is 3.83. The van der Waals surface area contributed by atoms with E-state index in [1.807, 2.05) is 44.3 Å². The molecule has 1 aliphatic heterocycles. The molecule has 1 atom stereocenters. The maximum Gasteiger partial charge on any atom is 0.317 e. The van der Waals surface area contributed by atoms with E-state index < -0.39 is 0 Å². The zero-order valence-corrected chi connectivity index (χ0v) is 18.6. The summed E-state index contributed by atoms with van der Waals surface area (Å²) in [5.74, 6) is 0. The number of rotatable bonds is 7. The van der Waals surface area contributed by atoms with E-state index in [0.29, 0.717) is 6.54 Å². The van der Waals surface area contributed by atoms with Gasteiger partial charge >= 0.3 is 6.03 Å². The highest BCUT2D eigenvalue weighted by Crippen LogP contribution is 2.20. The first kappa shape index (κ1) is 22.0. The lowest BCUT2D eigenvalue weighted by Crippen LogP contribution is -2.39. The monoisotopic (exact) mass is 434 g/mol. The number of hydrogen-bond acceptors (Lipinski definition) is 5. The summed E-state index contributed by atoms with van der Waals surface area (Å²) in [5, 5.41) is 7.23. The standard InChI is InChI=1S/C24H30N6O2/c1-19(20-7-9-23(10-8-20)30-18-25-17-27-30)28(2)24(31)26-15-21-5-3-4-6-22(21)16-29-11-13-32-14-12-29/h3-10,17-19H,11-16H2,1-2H3,(H,26,31). The van der Waals surface area contributed by atoms with Crippen LogP contribution < -0.4 is 5.32 Å². The number of urea groups is 1. The fraction of sp³-hybridized carbons (Fsp3) is 0.375. The number of nitrogens with zero attached hydrogens (tertiary/aromatic N) is 5. The van der Waals surface area contributed by atoms with Crippen molar-refractivity contribution in [3.8, 4) is 5.69 Å². The van der Waals surface area contributed by atoms with E-state index in [0.717, 1.165) is 49.7 Å². The summed E-state index contributed by atoms with van der Waals surface area (Å²) in [5.41, 5.74) is 4.38. The number of aromatic nitrogens is 3. The minimum absolute atomic E-state index is 0.0663. The molecule has 2 amide bonds. The van der Waals surface area contributed by atoms with Gasteiger partial charge in [0, 0.05) is 33.2 Å². The van der Waals surface area contributed by atoms with Crippen LogP contribution >= 0.6 is 0 Å². The zero-order chi connectivity index (χ0) is 22.3. The lowest BCUT2D eigenvalue weighted by Gasteiger charge is -2.28. The van der Waals surface area contributed by atoms with Crippen LogP contribution in [0.15, 0.2) is 61.2 Å². The lowest BCUT2D eigenvalue weighted by atomic mass is 10.1. The molecule has 168 valence electrons. The summed E-state index contributed by atoms with van der Waals surface area (Å²) >= 11 is 0. The molecule has 0 radical (unpaired) electrons. The average molecular weight is 435 g/mol. The Morgan fingerprint density at radius 2 is 1.84 bits per heavy atom. The van der Waals surface area contributed by atoms with E-state index in [9.17, 15) is 4.79 Å². The average Bonchev–Trinajstić information content (AvgIpc) is 3.38. The molecule has 0 bridgehead atoms. The molecule has 1 aliphatic rings. The van der Waals surface area contributed by atoms with Gasteiger partial charge < -0.3 is 15.0 Å². The van der Waals surface area contributed by atoms with Crippen LogP contribution in [0.4, 0.5) is 4.79 Å². The van der Waals surface area contributed by atoms with Crippen LogP contribution in [0.25, 0.3) is 5.69 Å². The van der Waals surface area contributed by atoms with Gasteiger partial charge in [0.15, 0.2) is 0 Å². The largest absolute Gasteiger partial charge is 0.379 e. The van der Waals surface area contributed by atoms with Crippen molar-refractivity contribution in [1.29, 1.82) is 0 Å². The topological polar surface area (TPSA) is 75.5 Å². The molecule has 0 aliphatic carbocycles. The minimum atomic E-state index is -0.0981. The summed E-state index contributed by atoms with van der Waals surface area (Å²) in [6, 6.07) is 16.1. The predicted molar refractivity (Wildman–Crippen MR) is 122 cm³/mol. The number of ether oxygens (including phenoxy) is 1. The maximum atomic E-state index is 12.9. The van der Waals surface area contributed by atoms with Crippen molar-refractivity contribution in [2.24, 2.45) is 0 Å². The first-order chi connectivity index (χ1) is 15.6. The molecule has 8 nitrogen and oxygen atoms in total. The molecule has 1 unspecified atom stereocenters. The highest BCUT2D eigenvalue weighted by molar-refractivity contribution is 5.74. The number of amides is 2. The third-order valence-corrected chi connectivity index (χ3v) is 6.01. The number of carbonyl (C=O) groups is 1. The Balaban J connectivity index is 1.34. The van der Waals surface area contributed by atoms with Gasteiger partial charge in [-0.2, -0.15) is 5.10 Å². The zero-order valence-electron chi connectivity index (χ0n) is 18.6. The van der Waals surface area contributed by atoms with Crippen LogP contribution in [-0.4, -0.2) is 63.9 Å². The van der Waals surface area contributed by atoms with Crippen molar-refractivity contribution in [2.45, 2.75) is 26.1 Å². The second kappa shape index (κ2) is 10.4. The first-order valence-corrected chi connectivity index (χ1v) is 10.9. The first-order valence-electron chi connectivity index (χ1n) is 10.9. The number of morpholine rings is 1. The molecule has 4 rings (SSSR count). The van der Waals surface area contributed by atoms with E-state index in [2.05, 4.69) is 38.5 Å². The quantitative estimate of drug-likeness (QED) is 0.619. The molecule has 1 N–H and O–H groups in total. The Hall–Kier alpha value is -3.23. The summed E-state index contributed by atoms with van der Waals surface area (Å²) in [6.45, 7) is 6.84. The Bertz CT molecular complexity index is 1000. The highest BCUT2D eigenvalue weighted by Gasteiger charge is 2.18. The van der Waals surface area contributed by atoms with Crippen molar-refractivity contribution in [1.82, 2.24) is 29.9 Å². The Kier molecular flexibility index (Phi) is 7.14. The van der Waals surface area contributed by atoms with Gasteiger partial charge in [-0.3, -0.25) is 4.90 Å². The van der Waals surface area contributed by atoms with Crippen LogP contribution in [-0.2, 0) is 17.8 Å². The smallest absolute Gasteiger partial charge is 0.317 e. The lowest BCUT2D eigenvalue weighted by molar-refractivity contribution is 0.0340. The molecule has 1 aromatic heterocycles. The van der Waals surface area contributed by atoms with Crippen molar-refractivity contribution >= 4 is 6.03 Å². The van der Waals surface area contributed by atoms with Gasteiger partial charge in [-0.15, -0.1) is 0 Å². The Morgan fingerprint density at radius 3 is 2.53 bits per heavy atom. The number of carbonyl (C=O) groups excluding carboxylic acids is 1. The second-order valence-corrected chi connectivity index (χ2v) is 8.03. The molecule has 1 saturated heterocycles. The molecule has 2 heterocycles. The highest BCUT2D eigenvalue weighted by atomic mass is 16.5. The van der Waals surface area contributed by atoms with Gasteiger partial charge in [-0.05, 0) is 35.7 Å². The SMILES string of the molecule is CC(c1ccc(-n2cncn2)cc1)N(C)C(=O)NCc1ccccc1CN1CCOCC1. The van der Waals surface area contributed by atoms with Gasteiger partial charge in [0.25, 0.3) is 0 Å². The Morgan fingerprint density at radius 1 is 1.12 bits per heavy atom. The van der Waals surface area contributed by atoms with Crippen LogP contribution in [0.1, 0.15) is 29.7 Å². The molecule has 2 aromatic carbocycles. The van der Waals surface area contributed by atoms with Gasteiger partial charge in [0.05, 0.1) is 24.9 Å². The molecule has 0 saturated carbocycles. The normalized spacial score (nSPS) is 15.3. The third kappa shape index (κ3) is 5.33. The van der Waals surface area contributed by atoms with Crippen LogP contribution in [0.5, 0.6) is 0 Å². The maximum absolute atomic E-state index is 12.9. The molecule has 32 heavy (non-hydrogen) atoms. The van der Waals surface area contributed by atoms with E-state index in [1.165, 1.54) is 11.9 Å². The van der Waals surface area contributed by atoms with E-state index >= 15 is 0 Å². The second-order valence-electron chi connectivity index (χ2n) is 8.03. The van der Waals surface area contributed by atoms with Gasteiger partial charge in [-0.25, -0.2) is 14.5 Å². The van der Waals surface area contributed by atoms with E-state index in [-0.39, 0.29) is 12.1 Å². The molecule has 1 fully saturated rings. The van der Waals surface area contributed by atoms with Crippen molar-refractivity contribution in [3.05, 3.63) is 77.9 Å². The van der Waals surface area contributed by atoms with Crippen LogP contribution in [0.2, 0.25) is 0 Å². The number of benzene rings is 2. The molecular formula is C24H30N6O2. The van der Waals surface area contributed by atoms with Gasteiger partial charge in [0.1, 0.15) is 12.7 Å².